The average Bonchev–Trinajstić information content (AvgIpc) is 3.28. The Hall–Kier alpha value is -1.84. The molecular weight excluding hydrogens is 488 g/mol. The number of hydrogen-bond acceptors (Lipinski definition) is 5. The number of thioether (sulfide) groups is 1. The molecule has 0 N–H and O–H groups in total. The minimum Gasteiger partial charge on any atom is -0.243 e. The molecule has 34 heavy (non-hydrogen) atoms. The van der Waals surface area contributed by atoms with Gasteiger partial charge in [0.15, 0.2) is 5.17 Å². The maximum absolute atomic E-state index is 13.2. The lowest BCUT2D eigenvalue weighted by Crippen LogP contribution is -2.32. The van der Waals surface area contributed by atoms with Crippen molar-refractivity contribution < 1.29 is 16.8 Å². The summed E-state index contributed by atoms with van der Waals surface area (Å²) in [7, 11) is -7.91. The second-order valence-electron chi connectivity index (χ2n) is 8.48. The van der Waals surface area contributed by atoms with E-state index in [1.807, 2.05) is 12.1 Å². The monoisotopic (exact) mass is 522 g/mol. The van der Waals surface area contributed by atoms with Crippen molar-refractivity contribution >= 4 is 37.0 Å². The predicted octanol–water partition coefficient (Wildman–Crippen LogP) is 5.63. The van der Waals surface area contributed by atoms with Gasteiger partial charge in [0.1, 0.15) is 0 Å². The number of aryl methyl sites for hydroxylation is 2. The van der Waals surface area contributed by atoms with E-state index in [0.29, 0.717) is 5.75 Å². The van der Waals surface area contributed by atoms with Crippen LogP contribution in [-0.2, 0) is 32.9 Å². The highest BCUT2D eigenvalue weighted by molar-refractivity contribution is 8.16. The Kier molecular flexibility index (Phi) is 9.62. The minimum atomic E-state index is -4.02. The smallest absolute Gasteiger partial charge is 0.243 e. The first kappa shape index (κ1) is 26.8. The van der Waals surface area contributed by atoms with Crippen LogP contribution in [0.15, 0.2) is 62.7 Å². The average molecular weight is 523 g/mol. The molecule has 186 valence electrons. The number of amidine groups is 1. The van der Waals surface area contributed by atoms with E-state index in [1.54, 1.807) is 36.4 Å². The number of unbranched alkanes of at least 4 members (excludes halogenated alkanes) is 4. The highest BCUT2D eigenvalue weighted by Gasteiger charge is 2.33. The predicted molar refractivity (Wildman–Crippen MR) is 140 cm³/mol. The van der Waals surface area contributed by atoms with Gasteiger partial charge in [-0.05, 0) is 61.1 Å². The first-order valence-corrected chi connectivity index (χ1v) is 15.8. The quantitative estimate of drug-likeness (QED) is 0.337. The highest BCUT2D eigenvalue weighted by Crippen LogP contribution is 2.28. The van der Waals surface area contributed by atoms with Crippen LogP contribution in [0.2, 0.25) is 0 Å². The normalized spacial score (nSPS) is 15.8. The molecule has 9 heteroatoms. The molecule has 1 saturated heterocycles. The Labute approximate surface area is 209 Å². The summed E-state index contributed by atoms with van der Waals surface area (Å²) in [5.74, 6) is 0.457. The third-order valence-corrected chi connectivity index (χ3v) is 10.1. The lowest BCUT2D eigenvalue weighted by atomic mass is 10.1. The van der Waals surface area contributed by atoms with E-state index in [9.17, 15) is 16.8 Å². The highest BCUT2D eigenvalue weighted by atomic mass is 32.2. The molecule has 0 aliphatic carbocycles. The molecule has 0 amide bonds. The largest absolute Gasteiger partial charge is 0.284 e. The summed E-state index contributed by atoms with van der Waals surface area (Å²) in [5, 5.41) is -0.000885. The van der Waals surface area contributed by atoms with Gasteiger partial charge in [0.2, 0.25) is 0 Å². The topological polar surface area (TPSA) is 83.9 Å². The van der Waals surface area contributed by atoms with Gasteiger partial charge in [-0.2, -0.15) is 8.42 Å². The van der Waals surface area contributed by atoms with Crippen molar-refractivity contribution in [2.75, 3.05) is 12.3 Å². The van der Waals surface area contributed by atoms with E-state index in [4.69, 9.17) is 0 Å². The number of benzene rings is 2. The summed E-state index contributed by atoms with van der Waals surface area (Å²) in [6.45, 7) is 4.48. The van der Waals surface area contributed by atoms with Crippen LogP contribution in [0.5, 0.6) is 0 Å². The molecule has 3 rings (SSSR count). The number of nitrogens with zero attached hydrogens (tertiary/aromatic N) is 2. The standard InChI is InChI=1S/C25H34N2O4S3/c1-3-5-7-9-21-11-15-23(16-12-21)33(28,29)26-25-27(19-20-32-25)34(30,31)24-17-13-22(14-18-24)10-8-6-4-2/h11-18H,3-10,19-20H2,1-2H3. The Morgan fingerprint density at radius 3 is 1.76 bits per heavy atom. The van der Waals surface area contributed by atoms with Gasteiger partial charge in [0.25, 0.3) is 20.0 Å². The van der Waals surface area contributed by atoms with Crippen LogP contribution in [0, 0.1) is 0 Å². The molecule has 1 aliphatic rings. The lowest BCUT2D eigenvalue weighted by Gasteiger charge is -2.18. The van der Waals surface area contributed by atoms with E-state index >= 15 is 0 Å². The van der Waals surface area contributed by atoms with Gasteiger partial charge >= 0.3 is 0 Å². The molecule has 0 atom stereocenters. The van der Waals surface area contributed by atoms with Gasteiger partial charge in [-0.1, -0.05) is 75.6 Å². The first-order valence-electron chi connectivity index (χ1n) is 12.0. The molecule has 6 nitrogen and oxygen atoms in total. The molecule has 0 spiro atoms. The number of hydrogen-bond donors (Lipinski definition) is 0. The van der Waals surface area contributed by atoms with Crippen molar-refractivity contribution in [3.8, 4) is 0 Å². The Bertz CT molecular complexity index is 1170. The molecular formula is C25H34N2O4S3. The summed E-state index contributed by atoms with van der Waals surface area (Å²) < 4.78 is 57.4. The van der Waals surface area contributed by atoms with E-state index in [1.165, 1.54) is 0 Å². The van der Waals surface area contributed by atoms with Crippen molar-refractivity contribution in [2.24, 2.45) is 4.40 Å². The fourth-order valence-corrected chi connectivity index (χ4v) is 7.80. The first-order chi connectivity index (χ1) is 16.3. The van der Waals surface area contributed by atoms with Gasteiger partial charge in [-0.15, -0.1) is 4.40 Å². The van der Waals surface area contributed by atoms with Crippen LogP contribution in [-0.4, -0.2) is 38.6 Å². The zero-order chi connectivity index (χ0) is 24.6. The van der Waals surface area contributed by atoms with Gasteiger partial charge in [0.05, 0.1) is 9.79 Å². The molecule has 1 fully saturated rings. The van der Waals surface area contributed by atoms with Crippen LogP contribution in [0.1, 0.15) is 63.5 Å². The SMILES string of the molecule is CCCCCc1ccc(S(=O)(=O)N=C2SCCN2S(=O)(=O)c2ccc(CCCCC)cc2)cc1. The summed E-state index contributed by atoms with van der Waals surface area (Å²) in [4.78, 5) is 0.219. The van der Waals surface area contributed by atoms with Crippen LogP contribution in [0.3, 0.4) is 0 Å². The maximum Gasteiger partial charge on any atom is 0.284 e. The van der Waals surface area contributed by atoms with Gasteiger partial charge in [-0.25, -0.2) is 12.7 Å². The van der Waals surface area contributed by atoms with Crippen molar-refractivity contribution in [1.82, 2.24) is 4.31 Å². The molecule has 2 aromatic rings. The molecule has 0 bridgehead atoms. The fourth-order valence-electron chi connectivity index (χ4n) is 3.78. The molecule has 1 aliphatic heterocycles. The Morgan fingerprint density at radius 1 is 0.765 bits per heavy atom. The molecule has 0 aromatic heterocycles. The lowest BCUT2D eigenvalue weighted by molar-refractivity contribution is 0.539. The summed E-state index contributed by atoms with van der Waals surface area (Å²) in [5.41, 5.74) is 2.18. The third-order valence-electron chi connectivity index (χ3n) is 5.81. The van der Waals surface area contributed by atoms with Crippen LogP contribution >= 0.6 is 11.8 Å². The van der Waals surface area contributed by atoms with Crippen molar-refractivity contribution in [3.05, 3.63) is 59.7 Å². The summed E-state index contributed by atoms with van der Waals surface area (Å²) >= 11 is 1.14. The zero-order valence-corrected chi connectivity index (χ0v) is 22.4. The molecule has 1 heterocycles. The second kappa shape index (κ2) is 12.2. The summed E-state index contributed by atoms with van der Waals surface area (Å²) in [6, 6.07) is 13.6. The van der Waals surface area contributed by atoms with Crippen LogP contribution in [0.25, 0.3) is 0 Å². The van der Waals surface area contributed by atoms with Gasteiger partial charge in [-0.3, -0.25) is 0 Å². The van der Waals surface area contributed by atoms with E-state index < -0.39 is 20.0 Å². The van der Waals surface area contributed by atoms with E-state index in [2.05, 4.69) is 18.2 Å². The van der Waals surface area contributed by atoms with Crippen LogP contribution in [0.4, 0.5) is 0 Å². The Morgan fingerprint density at radius 2 is 1.26 bits per heavy atom. The maximum atomic E-state index is 13.2. The number of sulfonamides is 2. The fraction of sp³-hybridized carbons (Fsp3) is 0.480. The van der Waals surface area contributed by atoms with Crippen molar-refractivity contribution in [3.63, 3.8) is 0 Å². The summed E-state index contributed by atoms with van der Waals surface area (Å²) in [6.07, 6.45) is 8.49. The molecule has 0 radical (unpaired) electrons. The van der Waals surface area contributed by atoms with Gasteiger partial charge in [0, 0.05) is 12.3 Å². The number of rotatable bonds is 12. The molecule has 0 unspecified atom stereocenters. The van der Waals surface area contributed by atoms with Crippen molar-refractivity contribution in [2.45, 2.75) is 75.0 Å². The van der Waals surface area contributed by atoms with Crippen molar-refractivity contribution in [1.29, 1.82) is 0 Å². The second-order valence-corrected chi connectivity index (χ2v) is 13.0. The zero-order valence-electron chi connectivity index (χ0n) is 19.9. The van der Waals surface area contributed by atoms with E-state index in [-0.39, 0.29) is 21.5 Å². The molecule has 2 aromatic carbocycles. The Balaban J connectivity index is 1.77. The van der Waals surface area contributed by atoms with Gasteiger partial charge < -0.3 is 0 Å². The van der Waals surface area contributed by atoms with Crippen LogP contribution < -0.4 is 0 Å². The van der Waals surface area contributed by atoms with E-state index in [0.717, 1.165) is 78.6 Å². The minimum absolute atomic E-state index is 0.000885. The molecule has 0 saturated carbocycles. The third kappa shape index (κ3) is 6.86.